The van der Waals surface area contributed by atoms with E-state index in [9.17, 15) is 9.59 Å². The second kappa shape index (κ2) is 8.01. The van der Waals surface area contributed by atoms with Crippen LogP contribution in [0, 0.1) is 6.92 Å². The molecule has 1 saturated heterocycles. The number of esters is 1. The minimum Gasteiger partial charge on any atom is -0.451 e. The summed E-state index contributed by atoms with van der Waals surface area (Å²) in [5.74, 6) is -0.646. The lowest BCUT2D eigenvalue weighted by atomic mass is 10.1. The molecule has 2 heterocycles. The quantitative estimate of drug-likeness (QED) is 0.770. The molecule has 1 fully saturated rings. The maximum atomic E-state index is 12.5. The predicted molar refractivity (Wildman–Crippen MR) is 101 cm³/mol. The van der Waals surface area contributed by atoms with Crippen LogP contribution in [0.2, 0.25) is 0 Å². The van der Waals surface area contributed by atoms with Crippen molar-refractivity contribution in [2.75, 3.05) is 19.7 Å². The highest BCUT2D eigenvalue weighted by Crippen LogP contribution is 2.29. The van der Waals surface area contributed by atoms with Gasteiger partial charge in [-0.05, 0) is 37.8 Å². The van der Waals surface area contributed by atoms with Gasteiger partial charge in [0.05, 0.1) is 12.2 Å². The molecule has 1 aromatic carbocycles. The number of carbonyl (C=O) groups excluding carboxylic acids is 2. The van der Waals surface area contributed by atoms with Gasteiger partial charge in [-0.15, -0.1) is 11.3 Å². The first-order chi connectivity index (χ1) is 12.4. The summed E-state index contributed by atoms with van der Waals surface area (Å²) in [5, 5.41) is 1.86. The topological polar surface area (TPSA) is 55.8 Å². The van der Waals surface area contributed by atoms with E-state index in [1.165, 1.54) is 11.3 Å². The van der Waals surface area contributed by atoms with Gasteiger partial charge in [-0.1, -0.05) is 29.8 Å². The van der Waals surface area contributed by atoms with Gasteiger partial charge in [0.15, 0.2) is 6.61 Å². The van der Waals surface area contributed by atoms with E-state index in [1.807, 2.05) is 56.5 Å². The summed E-state index contributed by atoms with van der Waals surface area (Å²) in [6, 6.07) is 9.88. The molecule has 26 heavy (non-hydrogen) atoms. The molecule has 0 saturated carbocycles. The van der Waals surface area contributed by atoms with Crippen LogP contribution in [0.25, 0.3) is 11.1 Å². The lowest BCUT2D eigenvalue weighted by Gasteiger charge is -2.35. The molecule has 0 unspecified atom stereocenters. The van der Waals surface area contributed by atoms with Crippen LogP contribution in [-0.4, -0.2) is 48.7 Å². The molecule has 138 valence electrons. The van der Waals surface area contributed by atoms with E-state index < -0.39 is 5.97 Å². The first-order valence-electron chi connectivity index (χ1n) is 8.69. The summed E-state index contributed by atoms with van der Waals surface area (Å²) in [5.41, 5.74) is 2.96. The van der Waals surface area contributed by atoms with Crippen molar-refractivity contribution in [2.24, 2.45) is 0 Å². The minimum atomic E-state index is -0.460. The molecule has 1 aliphatic heterocycles. The third kappa shape index (κ3) is 4.31. The number of amides is 1. The summed E-state index contributed by atoms with van der Waals surface area (Å²) in [7, 11) is 0. The molecule has 0 aliphatic carbocycles. The van der Waals surface area contributed by atoms with Gasteiger partial charge in [0.25, 0.3) is 5.91 Å². The zero-order valence-electron chi connectivity index (χ0n) is 15.2. The number of thiophene rings is 1. The lowest BCUT2D eigenvalue weighted by Crippen LogP contribution is -2.49. The van der Waals surface area contributed by atoms with Crippen molar-refractivity contribution in [1.82, 2.24) is 4.90 Å². The van der Waals surface area contributed by atoms with Crippen LogP contribution >= 0.6 is 11.3 Å². The van der Waals surface area contributed by atoms with Crippen molar-refractivity contribution >= 4 is 23.2 Å². The van der Waals surface area contributed by atoms with Crippen LogP contribution in [0.4, 0.5) is 0 Å². The van der Waals surface area contributed by atoms with Gasteiger partial charge >= 0.3 is 5.97 Å². The van der Waals surface area contributed by atoms with Crippen LogP contribution in [-0.2, 0) is 14.3 Å². The standard InChI is InChI=1S/C20H23NO4S/c1-13-4-6-16(7-5-13)17-8-9-26-19(17)20(23)24-12-18(22)21-10-14(2)25-15(3)11-21/h4-9,14-15H,10-12H2,1-3H3/t14-,15-/m0/s1. The fraction of sp³-hybridized carbons (Fsp3) is 0.400. The number of ether oxygens (including phenoxy) is 2. The fourth-order valence-electron chi connectivity index (χ4n) is 3.09. The van der Waals surface area contributed by atoms with E-state index in [0.29, 0.717) is 18.0 Å². The molecular weight excluding hydrogens is 350 g/mol. The van der Waals surface area contributed by atoms with Gasteiger partial charge in [0.1, 0.15) is 4.88 Å². The van der Waals surface area contributed by atoms with Crippen molar-refractivity contribution in [3.8, 4) is 11.1 Å². The fourth-order valence-corrected chi connectivity index (χ4v) is 3.90. The Morgan fingerprint density at radius 1 is 1.15 bits per heavy atom. The van der Waals surface area contributed by atoms with E-state index in [2.05, 4.69) is 0 Å². The molecule has 0 bridgehead atoms. The van der Waals surface area contributed by atoms with E-state index in [1.54, 1.807) is 4.90 Å². The number of benzene rings is 1. The second-order valence-corrected chi connectivity index (χ2v) is 7.58. The molecule has 2 atom stereocenters. The molecule has 6 heteroatoms. The zero-order chi connectivity index (χ0) is 18.7. The van der Waals surface area contributed by atoms with Crippen molar-refractivity contribution in [3.05, 3.63) is 46.2 Å². The first kappa shape index (κ1) is 18.6. The number of carbonyl (C=O) groups is 2. The highest BCUT2D eigenvalue weighted by atomic mass is 32.1. The van der Waals surface area contributed by atoms with E-state index in [0.717, 1.165) is 16.7 Å². The number of aryl methyl sites for hydroxylation is 1. The Kier molecular flexibility index (Phi) is 5.74. The maximum absolute atomic E-state index is 12.5. The molecule has 3 rings (SSSR count). The molecular formula is C20H23NO4S. The lowest BCUT2D eigenvalue weighted by molar-refractivity contribution is -0.146. The van der Waals surface area contributed by atoms with Crippen LogP contribution < -0.4 is 0 Å². The Hall–Kier alpha value is -2.18. The predicted octanol–water partition coefficient (Wildman–Crippen LogP) is 3.52. The monoisotopic (exact) mass is 373 g/mol. The molecule has 0 radical (unpaired) electrons. The molecule has 0 N–H and O–H groups in total. The number of morpholine rings is 1. The van der Waals surface area contributed by atoms with Crippen molar-refractivity contribution < 1.29 is 19.1 Å². The highest BCUT2D eigenvalue weighted by Gasteiger charge is 2.27. The van der Waals surface area contributed by atoms with Gasteiger partial charge in [0.2, 0.25) is 0 Å². The molecule has 5 nitrogen and oxygen atoms in total. The van der Waals surface area contributed by atoms with Crippen LogP contribution in [0.3, 0.4) is 0 Å². The minimum absolute atomic E-state index is 0.0103. The summed E-state index contributed by atoms with van der Waals surface area (Å²) in [6.45, 7) is 6.68. The van der Waals surface area contributed by atoms with Crippen LogP contribution in [0.1, 0.15) is 29.1 Å². The van der Waals surface area contributed by atoms with Crippen molar-refractivity contribution in [3.63, 3.8) is 0 Å². The van der Waals surface area contributed by atoms with Gasteiger partial charge in [0, 0.05) is 18.7 Å². The smallest absolute Gasteiger partial charge is 0.349 e. The first-order valence-corrected chi connectivity index (χ1v) is 9.57. The van der Waals surface area contributed by atoms with Crippen LogP contribution in [0.15, 0.2) is 35.7 Å². The third-order valence-electron chi connectivity index (χ3n) is 4.31. The Morgan fingerprint density at radius 3 is 2.46 bits per heavy atom. The Morgan fingerprint density at radius 2 is 1.81 bits per heavy atom. The largest absolute Gasteiger partial charge is 0.451 e. The van der Waals surface area contributed by atoms with E-state index >= 15 is 0 Å². The normalized spacial score (nSPS) is 20.0. The Balaban J connectivity index is 1.63. The summed E-state index contributed by atoms with van der Waals surface area (Å²) in [6.07, 6.45) is -0.0207. The van der Waals surface area contributed by atoms with Gasteiger partial charge in [-0.3, -0.25) is 4.79 Å². The summed E-state index contributed by atoms with van der Waals surface area (Å²) < 4.78 is 10.9. The number of hydrogen-bond donors (Lipinski definition) is 0. The number of rotatable bonds is 4. The summed E-state index contributed by atoms with van der Waals surface area (Å²) in [4.78, 5) is 27.0. The highest BCUT2D eigenvalue weighted by molar-refractivity contribution is 7.12. The van der Waals surface area contributed by atoms with Crippen LogP contribution in [0.5, 0.6) is 0 Å². The number of nitrogens with zero attached hydrogens (tertiary/aromatic N) is 1. The van der Waals surface area contributed by atoms with E-state index in [-0.39, 0.29) is 24.7 Å². The van der Waals surface area contributed by atoms with Crippen molar-refractivity contribution in [1.29, 1.82) is 0 Å². The van der Waals surface area contributed by atoms with Gasteiger partial charge < -0.3 is 14.4 Å². The molecule has 2 aromatic rings. The second-order valence-electron chi connectivity index (χ2n) is 6.66. The zero-order valence-corrected chi connectivity index (χ0v) is 16.0. The van der Waals surface area contributed by atoms with E-state index in [4.69, 9.17) is 9.47 Å². The van der Waals surface area contributed by atoms with Gasteiger partial charge in [-0.2, -0.15) is 0 Å². The average Bonchev–Trinajstić information content (AvgIpc) is 3.09. The Bertz CT molecular complexity index is 773. The molecule has 0 spiro atoms. The SMILES string of the molecule is Cc1ccc(-c2ccsc2C(=O)OCC(=O)N2C[C@H](C)O[C@@H](C)C2)cc1. The number of hydrogen-bond acceptors (Lipinski definition) is 5. The average molecular weight is 373 g/mol. The molecule has 1 amide bonds. The maximum Gasteiger partial charge on any atom is 0.349 e. The van der Waals surface area contributed by atoms with Crippen molar-refractivity contribution in [2.45, 2.75) is 33.0 Å². The third-order valence-corrected chi connectivity index (χ3v) is 5.21. The van der Waals surface area contributed by atoms with Gasteiger partial charge in [-0.25, -0.2) is 4.79 Å². The Labute approximate surface area is 157 Å². The molecule has 1 aliphatic rings. The molecule has 1 aromatic heterocycles. The summed E-state index contributed by atoms with van der Waals surface area (Å²) >= 11 is 1.33.